The van der Waals surface area contributed by atoms with E-state index in [4.69, 9.17) is 0 Å². The molecular weight excluding hydrogens is 144 g/mol. The lowest BCUT2D eigenvalue weighted by Crippen LogP contribution is -2.61. The van der Waals surface area contributed by atoms with Gasteiger partial charge < -0.3 is 10.6 Å². The number of β-lactam (4-membered cyclic amide) rings is 1. The Kier molecular flexibility index (Phi) is 2.46. The van der Waals surface area contributed by atoms with Gasteiger partial charge in [-0.1, -0.05) is 6.92 Å². The van der Waals surface area contributed by atoms with Crippen molar-refractivity contribution in [3.63, 3.8) is 0 Å². The van der Waals surface area contributed by atoms with Crippen molar-refractivity contribution < 1.29 is 9.59 Å². The van der Waals surface area contributed by atoms with Crippen molar-refractivity contribution in [2.75, 3.05) is 6.54 Å². The van der Waals surface area contributed by atoms with Gasteiger partial charge in [0.2, 0.25) is 11.8 Å². The zero-order valence-electron chi connectivity index (χ0n) is 6.52. The SMILES string of the molecule is CCCC(=O)NC1CNC1=O. The maximum absolute atomic E-state index is 10.9. The zero-order chi connectivity index (χ0) is 8.27. The monoisotopic (exact) mass is 156 g/mol. The minimum absolute atomic E-state index is 0.0349. The van der Waals surface area contributed by atoms with Crippen molar-refractivity contribution in [1.29, 1.82) is 0 Å². The predicted molar refractivity (Wildman–Crippen MR) is 39.8 cm³/mol. The summed E-state index contributed by atoms with van der Waals surface area (Å²) in [5.74, 6) is -0.109. The molecule has 2 N–H and O–H groups in total. The molecule has 4 heteroatoms. The highest BCUT2D eigenvalue weighted by Crippen LogP contribution is 1.95. The maximum atomic E-state index is 10.9. The van der Waals surface area contributed by atoms with Crippen molar-refractivity contribution in [1.82, 2.24) is 10.6 Å². The van der Waals surface area contributed by atoms with E-state index in [0.717, 1.165) is 6.42 Å². The van der Waals surface area contributed by atoms with E-state index in [-0.39, 0.29) is 17.9 Å². The second kappa shape index (κ2) is 3.37. The van der Waals surface area contributed by atoms with E-state index in [0.29, 0.717) is 13.0 Å². The van der Waals surface area contributed by atoms with E-state index < -0.39 is 0 Å². The molecule has 1 rings (SSSR count). The van der Waals surface area contributed by atoms with Crippen molar-refractivity contribution in [2.45, 2.75) is 25.8 Å². The molecule has 0 radical (unpaired) electrons. The van der Waals surface area contributed by atoms with Crippen LogP contribution in [0.2, 0.25) is 0 Å². The van der Waals surface area contributed by atoms with Gasteiger partial charge in [0, 0.05) is 13.0 Å². The molecule has 1 aliphatic rings. The highest BCUT2D eigenvalue weighted by molar-refractivity contribution is 5.92. The molecule has 0 aromatic carbocycles. The van der Waals surface area contributed by atoms with Crippen LogP contribution in [-0.2, 0) is 9.59 Å². The van der Waals surface area contributed by atoms with E-state index in [1.165, 1.54) is 0 Å². The number of nitrogens with one attached hydrogen (secondary N) is 2. The predicted octanol–water partition coefficient (Wildman–Crippen LogP) is -0.599. The van der Waals surface area contributed by atoms with Crippen molar-refractivity contribution >= 4 is 11.8 Å². The molecule has 62 valence electrons. The summed E-state index contributed by atoms with van der Waals surface area (Å²) < 4.78 is 0. The molecule has 11 heavy (non-hydrogen) atoms. The van der Waals surface area contributed by atoms with Crippen LogP contribution in [0.5, 0.6) is 0 Å². The average molecular weight is 156 g/mol. The third-order valence-electron chi connectivity index (χ3n) is 1.61. The van der Waals surface area contributed by atoms with E-state index in [1.54, 1.807) is 0 Å². The smallest absolute Gasteiger partial charge is 0.244 e. The Bertz CT molecular complexity index is 179. The Labute approximate surface area is 65.3 Å². The number of hydrogen-bond acceptors (Lipinski definition) is 2. The van der Waals surface area contributed by atoms with Crippen LogP contribution < -0.4 is 10.6 Å². The molecule has 1 heterocycles. The van der Waals surface area contributed by atoms with Crippen LogP contribution in [0.15, 0.2) is 0 Å². The average Bonchev–Trinajstić information content (AvgIpc) is 1.98. The lowest BCUT2D eigenvalue weighted by Gasteiger charge is -2.26. The topological polar surface area (TPSA) is 58.2 Å². The van der Waals surface area contributed by atoms with E-state index in [1.807, 2.05) is 6.92 Å². The van der Waals surface area contributed by atoms with Crippen LogP contribution in [0, 0.1) is 0 Å². The molecule has 4 nitrogen and oxygen atoms in total. The first-order chi connectivity index (χ1) is 5.24. The fourth-order valence-corrected chi connectivity index (χ4v) is 0.898. The number of amides is 2. The van der Waals surface area contributed by atoms with Gasteiger partial charge in [0.25, 0.3) is 0 Å². The summed E-state index contributed by atoms with van der Waals surface area (Å²) >= 11 is 0. The summed E-state index contributed by atoms with van der Waals surface area (Å²) in [6.07, 6.45) is 1.32. The van der Waals surface area contributed by atoms with E-state index >= 15 is 0 Å². The van der Waals surface area contributed by atoms with Gasteiger partial charge >= 0.3 is 0 Å². The maximum Gasteiger partial charge on any atom is 0.244 e. The van der Waals surface area contributed by atoms with Gasteiger partial charge in [-0.15, -0.1) is 0 Å². The van der Waals surface area contributed by atoms with Gasteiger partial charge in [0.1, 0.15) is 6.04 Å². The standard InChI is InChI=1S/C7H12N2O2/c1-2-3-6(10)9-5-4-8-7(5)11/h5H,2-4H2,1H3,(H,8,11)(H,9,10). The first kappa shape index (κ1) is 8.04. The highest BCUT2D eigenvalue weighted by Gasteiger charge is 2.28. The van der Waals surface area contributed by atoms with Crippen LogP contribution >= 0.6 is 0 Å². The summed E-state index contributed by atoms with van der Waals surface area (Å²) in [5, 5.41) is 5.17. The van der Waals surface area contributed by atoms with E-state index in [9.17, 15) is 9.59 Å². The molecule has 2 amide bonds. The van der Waals surface area contributed by atoms with Crippen molar-refractivity contribution in [3.8, 4) is 0 Å². The molecule has 1 atom stereocenters. The minimum Gasteiger partial charge on any atom is -0.352 e. The lowest BCUT2D eigenvalue weighted by molar-refractivity contribution is -0.133. The molecule has 1 aliphatic heterocycles. The molecule has 0 spiro atoms. The number of carbonyl (C=O) groups excluding carboxylic acids is 2. The summed E-state index contributed by atoms with van der Waals surface area (Å²) in [5.41, 5.74) is 0. The Balaban J connectivity index is 2.19. The van der Waals surface area contributed by atoms with Crippen LogP contribution in [0.25, 0.3) is 0 Å². The summed E-state index contributed by atoms with van der Waals surface area (Å²) in [6.45, 7) is 2.51. The first-order valence-corrected chi connectivity index (χ1v) is 3.81. The van der Waals surface area contributed by atoms with Gasteiger partial charge in [-0.05, 0) is 6.42 Å². The third kappa shape index (κ3) is 1.93. The summed E-state index contributed by atoms with van der Waals surface area (Å²) in [7, 11) is 0. The molecule has 1 saturated heterocycles. The molecule has 0 aromatic heterocycles. The van der Waals surface area contributed by atoms with Crippen LogP contribution in [0.4, 0.5) is 0 Å². The van der Waals surface area contributed by atoms with Gasteiger partial charge in [-0.2, -0.15) is 0 Å². The molecule has 0 aromatic rings. The summed E-state index contributed by atoms with van der Waals surface area (Å²) in [6, 6.07) is -0.269. The fourth-order valence-electron chi connectivity index (χ4n) is 0.898. The van der Waals surface area contributed by atoms with Gasteiger partial charge in [0.15, 0.2) is 0 Å². The fraction of sp³-hybridized carbons (Fsp3) is 0.714. The van der Waals surface area contributed by atoms with Crippen molar-refractivity contribution in [3.05, 3.63) is 0 Å². The minimum atomic E-state index is -0.269. The molecule has 1 unspecified atom stereocenters. The quantitative estimate of drug-likeness (QED) is 0.536. The van der Waals surface area contributed by atoms with Gasteiger partial charge in [-0.25, -0.2) is 0 Å². The molecule has 0 aliphatic carbocycles. The largest absolute Gasteiger partial charge is 0.352 e. The second-order valence-electron chi connectivity index (χ2n) is 2.62. The van der Waals surface area contributed by atoms with Crippen LogP contribution in [0.1, 0.15) is 19.8 Å². The Hall–Kier alpha value is -1.06. The Morgan fingerprint density at radius 2 is 2.55 bits per heavy atom. The number of rotatable bonds is 3. The number of hydrogen-bond donors (Lipinski definition) is 2. The van der Waals surface area contributed by atoms with Crippen LogP contribution in [0.3, 0.4) is 0 Å². The highest BCUT2D eigenvalue weighted by atomic mass is 16.2. The third-order valence-corrected chi connectivity index (χ3v) is 1.61. The Morgan fingerprint density at radius 1 is 1.82 bits per heavy atom. The first-order valence-electron chi connectivity index (χ1n) is 3.81. The Morgan fingerprint density at radius 3 is 2.91 bits per heavy atom. The second-order valence-corrected chi connectivity index (χ2v) is 2.62. The number of carbonyl (C=O) groups is 2. The zero-order valence-corrected chi connectivity index (χ0v) is 6.52. The van der Waals surface area contributed by atoms with E-state index in [2.05, 4.69) is 10.6 Å². The molecular formula is C7H12N2O2. The van der Waals surface area contributed by atoms with Gasteiger partial charge in [-0.3, -0.25) is 9.59 Å². The van der Waals surface area contributed by atoms with Gasteiger partial charge in [0.05, 0.1) is 0 Å². The molecule has 1 fully saturated rings. The summed E-state index contributed by atoms with van der Waals surface area (Å²) in [4.78, 5) is 21.5. The van der Waals surface area contributed by atoms with Crippen LogP contribution in [-0.4, -0.2) is 24.4 Å². The lowest BCUT2D eigenvalue weighted by atomic mass is 10.1. The molecule has 0 saturated carbocycles. The normalized spacial score (nSPS) is 21.9. The van der Waals surface area contributed by atoms with Crippen molar-refractivity contribution in [2.24, 2.45) is 0 Å². The molecule has 0 bridgehead atoms.